The number of nitrogens with zero attached hydrogens (tertiary/aromatic N) is 4. The number of H-pyrrole nitrogens is 1. The van der Waals surface area contributed by atoms with E-state index in [1.165, 1.54) is 18.4 Å². The van der Waals surface area contributed by atoms with Gasteiger partial charge in [-0.25, -0.2) is 4.98 Å². The van der Waals surface area contributed by atoms with Crippen molar-refractivity contribution in [3.05, 3.63) is 48.0 Å². The highest BCUT2D eigenvalue weighted by atomic mass is 32.1. The van der Waals surface area contributed by atoms with Gasteiger partial charge in [0, 0.05) is 24.8 Å². The van der Waals surface area contributed by atoms with Crippen LogP contribution in [0.3, 0.4) is 0 Å². The molecule has 0 aliphatic carbocycles. The van der Waals surface area contributed by atoms with Gasteiger partial charge in [0.2, 0.25) is 5.91 Å². The van der Waals surface area contributed by atoms with Crippen molar-refractivity contribution in [2.45, 2.75) is 19.0 Å². The highest BCUT2D eigenvalue weighted by Gasteiger charge is 2.29. The summed E-state index contributed by atoms with van der Waals surface area (Å²) in [6, 6.07) is 13.0. The third-order valence-electron chi connectivity index (χ3n) is 5.38. The first kappa shape index (κ1) is 20.1. The third-order valence-corrected chi connectivity index (χ3v) is 6.36. The second-order valence-corrected chi connectivity index (χ2v) is 8.54. The van der Waals surface area contributed by atoms with Gasteiger partial charge in [0.25, 0.3) is 0 Å². The van der Waals surface area contributed by atoms with Gasteiger partial charge < -0.3 is 19.9 Å². The van der Waals surface area contributed by atoms with E-state index in [0.717, 1.165) is 32.9 Å². The molecule has 2 aromatic carbocycles. The number of likely N-dealkylation sites (N-methyl/N-ethyl adjacent to an activating group) is 1. The first-order valence-corrected chi connectivity index (χ1v) is 10.8. The molecule has 4 aromatic rings. The number of hydrogen-bond acceptors (Lipinski definition) is 8. The summed E-state index contributed by atoms with van der Waals surface area (Å²) in [6.45, 7) is 0.419. The molecule has 1 amide bonds. The lowest BCUT2D eigenvalue weighted by Gasteiger charge is -2.19. The van der Waals surface area contributed by atoms with Crippen LogP contribution in [-0.4, -0.2) is 57.1 Å². The quantitative estimate of drug-likeness (QED) is 0.461. The number of carbonyl (C=O) groups excluding carboxylic acids is 2. The van der Waals surface area contributed by atoms with Gasteiger partial charge in [-0.1, -0.05) is 23.5 Å². The maximum Gasteiger partial charge on any atom is 0.308 e. The Balaban J connectivity index is 1.44. The van der Waals surface area contributed by atoms with Crippen LogP contribution in [0, 0.1) is 0 Å². The third kappa shape index (κ3) is 3.69. The summed E-state index contributed by atoms with van der Waals surface area (Å²) >= 11 is 1.45. The fourth-order valence-electron chi connectivity index (χ4n) is 3.73. The molecule has 5 rings (SSSR count). The van der Waals surface area contributed by atoms with Crippen molar-refractivity contribution < 1.29 is 14.3 Å². The number of benzene rings is 2. The summed E-state index contributed by atoms with van der Waals surface area (Å²) in [6.07, 6.45) is -0.0296. The van der Waals surface area contributed by atoms with Gasteiger partial charge in [-0.2, -0.15) is 0 Å². The van der Waals surface area contributed by atoms with E-state index >= 15 is 0 Å². The number of rotatable bonds is 4. The first-order valence-electron chi connectivity index (χ1n) is 10.0. The van der Waals surface area contributed by atoms with E-state index in [0.29, 0.717) is 17.4 Å². The van der Waals surface area contributed by atoms with Crippen LogP contribution >= 0.6 is 11.3 Å². The van der Waals surface area contributed by atoms with Gasteiger partial charge in [0.15, 0.2) is 10.8 Å². The van der Waals surface area contributed by atoms with Gasteiger partial charge in [0.05, 0.1) is 24.6 Å². The predicted octanol–water partition coefficient (Wildman–Crippen LogP) is 3.06. The van der Waals surface area contributed by atoms with E-state index in [4.69, 9.17) is 4.74 Å². The Morgan fingerprint density at radius 2 is 2.03 bits per heavy atom. The topological polar surface area (TPSA) is 113 Å². The van der Waals surface area contributed by atoms with Crippen LogP contribution in [-0.2, 0) is 20.9 Å². The number of amides is 1. The average Bonchev–Trinajstić information content (AvgIpc) is 3.43. The standard InChI is InChI=1S/C22H20N6O3S/c1-28-11-13-9-12(7-8-14(13)23-17(22(28)30)10-18(29)31-2)20-26-27-21(32-20)19-24-15-5-3-4-6-16(15)25-19/h3-9,17,23H,10-11H2,1-2H3,(H,24,25). The van der Waals surface area contributed by atoms with Crippen molar-refractivity contribution in [2.75, 3.05) is 19.5 Å². The van der Waals surface area contributed by atoms with Crippen molar-refractivity contribution in [1.29, 1.82) is 0 Å². The largest absolute Gasteiger partial charge is 0.469 e. The van der Waals surface area contributed by atoms with Crippen LogP contribution < -0.4 is 5.32 Å². The van der Waals surface area contributed by atoms with E-state index in [1.54, 1.807) is 11.9 Å². The number of para-hydroxylation sites is 2. The van der Waals surface area contributed by atoms with E-state index in [1.807, 2.05) is 42.5 Å². The fraction of sp³-hybridized carbons (Fsp3) is 0.227. The molecule has 10 heteroatoms. The Kier molecular flexibility index (Phi) is 5.06. The van der Waals surface area contributed by atoms with Crippen LogP contribution in [0.15, 0.2) is 42.5 Å². The zero-order valence-electron chi connectivity index (χ0n) is 17.5. The maximum absolute atomic E-state index is 12.7. The first-order chi connectivity index (χ1) is 15.5. The zero-order valence-corrected chi connectivity index (χ0v) is 18.3. The lowest BCUT2D eigenvalue weighted by molar-refractivity contribution is -0.143. The Labute approximate surface area is 187 Å². The number of aromatic amines is 1. The normalized spacial score (nSPS) is 15.9. The monoisotopic (exact) mass is 448 g/mol. The second-order valence-electron chi connectivity index (χ2n) is 7.56. The molecule has 0 saturated carbocycles. The van der Waals surface area contributed by atoms with Crippen molar-refractivity contribution in [3.63, 3.8) is 0 Å². The second kappa shape index (κ2) is 8.04. The van der Waals surface area contributed by atoms with Gasteiger partial charge in [-0.3, -0.25) is 9.59 Å². The van der Waals surface area contributed by atoms with Crippen LogP contribution in [0.5, 0.6) is 0 Å². The summed E-state index contributed by atoms with van der Waals surface area (Å²) in [5.74, 6) is 0.0925. The molecule has 1 atom stereocenters. The summed E-state index contributed by atoms with van der Waals surface area (Å²) < 4.78 is 4.73. The molecule has 0 bridgehead atoms. The molecule has 0 saturated heterocycles. The van der Waals surface area contributed by atoms with Gasteiger partial charge >= 0.3 is 5.97 Å². The molecule has 2 N–H and O–H groups in total. The Hall–Kier alpha value is -3.79. The van der Waals surface area contributed by atoms with Crippen LogP contribution in [0.1, 0.15) is 12.0 Å². The summed E-state index contributed by atoms with van der Waals surface area (Å²) in [7, 11) is 3.04. The average molecular weight is 449 g/mol. The molecule has 9 nitrogen and oxygen atoms in total. The SMILES string of the molecule is COC(=O)CC1Nc2ccc(-c3nnc(-c4nc5ccccc5[nH]4)s3)cc2CN(C)C1=O. The molecule has 162 valence electrons. The summed E-state index contributed by atoms with van der Waals surface area (Å²) in [5.41, 5.74) is 4.47. The zero-order chi connectivity index (χ0) is 22.2. The summed E-state index contributed by atoms with van der Waals surface area (Å²) in [4.78, 5) is 33.9. The highest BCUT2D eigenvalue weighted by molar-refractivity contribution is 7.17. The molecule has 0 spiro atoms. The van der Waals surface area contributed by atoms with E-state index in [9.17, 15) is 9.59 Å². The number of hydrogen-bond donors (Lipinski definition) is 2. The molecular weight excluding hydrogens is 428 g/mol. The maximum atomic E-state index is 12.7. The van der Waals surface area contributed by atoms with Crippen LogP contribution in [0.2, 0.25) is 0 Å². The molecule has 1 aliphatic rings. The number of esters is 1. The number of aromatic nitrogens is 4. The van der Waals surface area contributed by atoms with E-state index in [-0.39, 0.29) is 12.3 Å². The van der Waals surface area contributed by atoms with Crippen molar-refractivity contribution in [2.24, 2.45) is 0 Å². The van der Waals surface area contributed by atoms with Crippen molar-refractivity contribution in [3.8, 4) is 21.4 Å². The number of anilines is 1. The van der Waals surface area contributed by atoms with Gasteiger partial charge in [0.1, 0.15) is 11.0 Å². The molecule has 32 heavy (non-hydrogen) atoms. The minimum atomic E-state index is -0.666. The predicted molar refractivity (Wildman–Crippen MR) is 121 cm³/mol. The number of methoxy groups -OCH3 is 1. The number of nitrogens with one attached hydrogen (secondary N) is 2. The molecule has 1 unspecified atom stereocenters. The minimum Gasteiger partial charge on any atom is -0.469 e. The van der Waals surface area contributed by atoms with Crippen LogP contribution in [0.25, 0.3) is 32.4 Å². The fourth-order valence-corrected chi connectivity index (χ4v) is 4.51. The number of fused-ring (bicyclic) bond motifs is 2. The minimum absolute atomic E-state index is 0.0296. The van der Waals surface area contributed by atoms with Crippen LogP contribution in [0.4, 0.5) is 5.69 Å². The molecular formula is C22H20N6O3S. The lowest BCUT2D eigenvalue weighted by Crippen LogP contribution is -2.39. The Morgan fingerprint density at radius 3 is 2.84 bits per heavy atom. The molecule has 0 fully saturated rings. The molecule has 2 aromatic heterocycles. The smallest absolute Gasteiger partial charge is 0.308 e. The number of ether oxygens (including phenoxy) is 1. The van der Waals surface area contributed by atoms with Crippen molar-refractivity contribution in [1.82, 2.24) is 25.1 Å². The van der Waals surface area contributed by atoms with Crippen molar-refractivity contribution >= 4 is 39.9 Å². The Morgan fingerprint density at radius 1 is 1.22 bits per heavy atom. The lowest BCUT2D eigenvalue weighted by atomic mass is 10.1. The number of imidazole rings is 1. The van der Waals surface area contributed by atoms with Gasteiger partial charge in [-0.05, 0) is 35.9 Å². The highest BCUT2D eigenvalue weighted by Crippen LogP contribution is 2.33. The number of carbonyl (C=O) groups is 2. The summed E-state index contributed by atoms with van der Waals surface area (Å²) in [5, 5.41) is 13.3. The molecule has 1 aliphatic heterocycles. The molecule has 0 radical (unpaired) electrons. The Bertz CT molecular complexity index is 1300. The van der Waals surface area contributed by atoms with E-state index in [2.05, 4.69) is 25.5 Å². The van der Waals surface area contributed by atoms with Gasteiger partial charge in [-0.15, -0.1) is 10.2 Å². The molecule has 3 heterocycles. The van der Waals surface area contributed by atoms with E-state index < -0.39 is 12.0 Å².